The third-order valence-electron chi connectivity index (χ3n) is 5.04. The molecule has 0 saturated heterocycles. The Kier molecular flexibility index (Phi) is 5.43. The number of hydrogen-bond donors (Lipinski definition) is 0. The normalized spacial score (nSPS) is 15.8. The number of hydrogen-bond acceptors (Lipinski definition) is 2. The van der Waals surface area contributed by atoms with Gasteiger partial charge in [0.25, 0.3) is 0 Å². The highest BCUT2D eigenvalue weighted by atomic mass is 35.5. The lowest BCUT2D eigenvalue weighted by Crippen LogP contribution is -2.45. The first kappa shape index (κ1) is 19.6. The van der Waals surface area contributed by atoms with Crippen molar-refractivity contribution in [2.45, 2.75) is 46.6 Å². The van der Waals surface area contributed by atoms with E-state index in [2.05, 4.69) is 49.7 Å². The first-order chi connectivity index (χ1) is 12.7. The first-order valence-corrected chi connectivity index (χ1v) is 9.72. The molecule has 2 nitrogen and oxygen atoms in total. The lowest BCUT2D eigenvalue weighted by molar-refractivity contribution is 0.550. The lowest BCUT2D eigenvalue weighted by Gasteiger charge is -2.43. The van der Waals surface area contributed by atoms with Crippen LogP contribution in [0.15, 0.2) is 41.4 Å². The van der Waals surface area contributed by atoms with E-state index in [4.69, 9.17) is 11.6 Å². The monoisotopic (exact) mass is 384 g/mol. The number of allylic oxidation sites excluding steroid dienone is 1. The van der Waals surface area contributed by atoms with Crippen molar-refractivity contribution in [3.63, 3.8) is 0 Å². The Balaban J connectivity index is 2.02. The molecule has 0 amide bonds. The molecular formula is C23H26ClFN2. The van der Waals surface area contributed by atoms with E-state index in [9.17, 15) is 4.39 Å². The predicted octanol–water partition coefficient (Wildman–Crippen LogP) is 6.95. The standard InChI is InChI=1S/C23H26ClFN2/c1-6-9-27-22-12-20(24)17(11-19(22)16(3)13-23(27,4)5)14-26-18-7-8-21(25)15(2)10-18/h7-8,10-14H,6,9H2,1-5H3. The molecule has 0 fully saturated rings. The molecule has 0 saturated carbocycles. The minimum atomic E-state index is -0.222. The maximum Gasteiger partial charge on any atom is 0.126 e. The van der Waals surface area contributed by atoms with Gasteiger partial charge in [0.2, 0.25) is 0 Å². The zero-order valence-corrected chi connectivity index (χ0v) is 17.4. The second kappa shape index (κ2) is 7.47. The maximum absolute atomic E-state index is 13.4. The highest BCUT2D eigenvalue weighted by molar-refractivity contribution is 6.33. The van der Waals surface area contributed by atoms with Gasteiger partial charge < -0.3 is 4.90 Å². The van der Waals surface area contributed by atoms with Gasteiger partial charge in [-0.3, -0.25) is 4.99 Å². The topological polar surface area (TPSA) is 15.6 Å². The van der Waals surface area contributed by atoms with Gasteiger partial charge in [-0.2, -0.15) is 0 Å². The number of anilines is 1. The maximum atomic E-state index is 13.4. The third kappa shape index (κ3) is 3.93. The Hall–Kier alpha value is -2.13. The fourth-order valence-corrected chi connectivity index (χ4v) is 3.91. The van der Waals surface area contributed by atoms with Gasteiger partial charge in [-0.15, -0.1) is 0 Å². The van der Waals surface area contributed by atoms with Crippen LogP contribution in [-0.4, -0.2) is 18.3 Å². The summed E-state index contributed by atoms with van der Waals surface area (Å²) in [5.74, 6) is -0.222. The van der Waals surface area contributed by atoms with E-state index >= 15 is 0 Å². The Morgan fingerprint density at radius 1 is 1.19 bits per heavy atom. The van der Waals surface area contributed by atoms with Crippen molar-refractivity contribution >= 4 is 34.8 Å². The van der Waals surface area contributed by atoms with Gasteiger partial charge >= 0.3 is 0 Å². The summed E-state index contributed by atoms with van der Waals surface area (Å²) in [6.45, 7) is 11.5. The molecule has 0 aliphatic carbocycles. The summed E-state index contributed by atoms with van der Waals surface area (Å²) in [6, 6.07) is 8.98. The molecular weight excluding hydrogens is 359 g/mol. The molecule has 0 N–H and O–H groups in total. The first-order valence-electron chi connectivity index (χ1n) is 9.34. The molecule has 0 radical (unpaired) electrons. The molecule has 2 aromatic carbocycles. The van der Waals surface area contributed by atoms with Crippen LogP contribution in [-0.2, 0) is 0 Å². The van der Waals surface area contributed by atoms with E-state index in [-0.39, 0.29) is 11.4 Å². The van der Waals surface area contributed by atoms with Crippen LogP contribution in [0.3, 0.4) is 0 Å². The quantitative estimate of drug-likeness (QED) is 0.520. The summed E-state index contributed by atoms with van der Waals surface area (Å²) in [7, 11) is 0. The number of rotatable bonds is 4. The van der Waals surface area contributed by atoms with Crippen molar-refractivity contribution in [2.75, 3.05) is 11.4 Å². The fraction of sp³-hybridized carbons (Fsp3) is 0.348. The smallest absolute Gasteiger partial charge is 0.126 e. The molecule has 2 aromatic rings. The highest BCUT2D eigenvalue weighted by Gasteiger charge is 2.31. The van der Waals surface area contributed by atoms with Crippen molar-refractivity contribution in [1.29, 1.82) is 0 Å². The summed E-state index contributed by atoms with van der Waals surface area (Å²) in [6.07, 6.45) is 5.14. The Labute approximate surface area is 166 Å². The van der Waals surface area contributed by atoms with Gasteiger partial charge in [0.1, 0.15) is 5.82 Å². The average molecular weight is 385 g/mol. The summed E-state index contributed by atoms with van der Waals surface area (Å²) in [5, 5.41) is 0.669. The van der Waals surface area contributed by atoms with Crippen LogP contribution >= 0.6 is 11.6 Å². The largest absolute Gasteiger partial charge is 0.362 e. The number of benzene rings is 2. The van der Waals surface area contributed by atoms with Gasteiger partial charge in [-0.05, 0) is 75.6 Å². The molecule has 4 heteroatoms. The van der Waals surface area contributed by atoms with Gasteiger partial charge in [0.15, 0.2) is 0 Å². The second-order valence-corrected chi connectivity index (χ2v) is 8.12. The molecule has 1 heterocycles. The molecule has 27 heavy (non-hydrogen) atoms. The lowest BCUT2D eigenvalue weighted by atomic mass is 9.88. The number of halogens is 2. The van der Waals surface area contributed by atoms with Crippen molar-refractivity contribution in [3.8, 4) is 0 Å². The Morgan fingerprint density at radius 3 is 2.59 bits per heavy atom. The highest BCUT2D eigenvalue weighted by Crippen LogP contribution is 2.41. The minimum absolute atomic E-state index is 0.0440. The summed E-state index contributed by atoms with van der Waals surface area (Å²) in [5.41, 5.74) is 5.71. The zero-order valence-electron chi connectivity index (χ0n) is 16.6. The van der Waals surface area contributed by atoms with Crippen molar-refractivity contribution < 1.29 is 4.39 Å². The molecule has 0 aromatic heterocycles. The number of aliphatic imine (C=N–C) groups is 1. The number of fused-ring (bicyclic) bond motifs is 1. The summed E-state index contributed by atoms with van der Waals surface area (Å²) < 4.78 is 13.4. The van der Waals surface area contributed by atoms with Crippen LogP contribution in [0, 0.1) is 12.7 Å². The molecule has 142 valence electrons. The Bertz CT molecular complexity index is 928. The van der Waals surface area contributed by atoms with Crippen LogP contribution in [0.5, 0.6) is 0 Å². The van der Waals surface area contributed by atoms with E-state index in [1.807, 2.05) is 6.07 Å². The van der Waals surface area contributed by atoms with Crippen LogP contribution in [0.25, 0.3) is 5.57 Å². The van der Waals surface area contributed by atoms with Gasteiger partial charge in [0, 0.05) is 29.6 Å². The molecule has 1 aliphatic rings. The predicted molar refractivity (Wildman–Crippen MR) is 115 cm³/mol. The summed E-state index contributed by atoms with van der Waals surface area (Å²) in [4.78, 5) is 6.90. The number of aryl methyl sites for hydroxylation is 1. The minimum Gasteiger partial charge on any atom is -0.362 e. The average Bonchev–Trinajstić information content (AvgIpc) is 2.59. The van der Waals surface area contributed by atoms with Crippen LogP contribution in [0.2, 0.25) is 5.02 Å². The van der Waals surface area contributed by atoms with Crippen molar-refractivity contribution in [2.24, 2.45) is 4.99 Å². The van der Waals surface area contributed by atoms with Crippen LogP contribution in [0.1, 0.15) is 50.8 Å². The fourth-order valence-electron chi connectivity index (χ4n) is 3.70. The van der Waals surface area contributed by atoms with Crippen LogP contribution < -0.4 is 4.90 Å². The van der Waals surface area contributed by atoms with E-state index in [1.165, 1.54) is 22.9 Å². The molecule has 0 atom stereocenters. The molecule has 0 spiro atoms. The second-order valence-electron chi connectivity index (χ2n) is 7.72. The van der Waals surface area contributed by atoms with E-state index in [1.54, 1.807) is 25.3 Å². The van der Waals surface area contributed by atoms with Crippen molar-refractivity contribution in [3.05, 3.63) is 63.9 Å². The van der Waals surface area contributed by atoms with Crippen LogP contribution in [0.4, 0.5) is 15.8 Å². The van der Waals surface area contributed by atoms with Gasteiger partial charge in [-0.25, -0.2) is 4.39 Å². The molecule has 0 bridgehead atoms. The van der Waals surface area contributed by atoms with Gasteiger partial charge in [-0.1, -0.05) is 24.6 Å². The van der Waals surface area contributed by atoms with Gasteiger partial charge in [0.05, 0.1) is 16.2 Å². The zero-order chi connectivity index (χ0) is 19.8. The molecule has 1 aliphatic heterocycles. The Morgan fingerprint density at radius 2 is 1.93 bits per heavy atom. The SMILES string of the molecule is CCCN1c2cc(Cl)c(C=Nc3ccc(F)c(C)c3)cc2C(C)=CC1(C)C. The summed E-state index contributed by atoms with van der Waals surface area (Å²) >= 11 is 6.59. The molecule has 3 rings (SSSR count). The molecule has 0 unspecified atom stereocenters. The van der Waals surface area contributed by atoms with Crippen molar-refractivity contribution in [1.82, 2.24) is 0 Å². The van der Waals surface area contributed by atoms with E-state index in [0.29, 0.717) is 16.3 Å². The third-order valence-corrected chi connectivity index (χ3v) is 5.36. The van der Waals surface area contributed by atoms with E-state index < -0.39 is 0 Å². The number of nitrogens with zero attached hydrogens (tertiary/aromatic N) is 2. The van der Waals surface area contributed by atoms with E-state index in [0.717, 1.165) is 18.5 Å².